The zero-order valence-electron chi connectivity index (χ0n) is 12.7. The molecule has 1 atom stereocenters. The van der Waals surface area contributed by atoms with E-state index in [9.17, 15) is 0 Å². The Bertz CT molecular complexity index is 436. The maximum Gasteiger partial charge on any atom is 0.0674 e. The normalized spacial score (nSPS) is 20.6. The second-order valence-corrected chi connectivity index (χ2v) is 6.73. The Kier molecular flexibility index (Phi) is 6.02. The zero-order valence-corrected chi connectivity index (χ0v) is 14.2. The van der Waals surface area contributed by atoms with Crippen LogP contribution in [0.25, 0.3) is 0 Å². The van der Waals surface area contributed by atoms with Crippen LogP contribution in [0.5, 0.6) is 0 Å². The molecule has 0 radical (unpaired) electrons. The van der Waals surface area contributed by atoms with Gasteiger partial charge in [0.15, 0.2) is 0 Å². The fourth-order valence-corrected chi connectivity index (χ4v) is 2.98. The Morgan fingerprint density at radius 3 is 2.90 bits per heavy atom. The number of ether oxygens (including phenoxy) is 1. The molecule has 1 aliphatic heterocycles. The molecule has 3 nitrogen and oxygen atoms in total. The Morgan fingerprint density at radius 1 is 1.45 bits per heavy atom. The maximum absolute atomic E-state index is 5.59. The van der Waals surface area contributed by atoms with Crippen molar-refractivity contribution in [3.63, 3.8) is 0 Å². The van der Waals surface area contributed by atoms with E-state index in [2.05, 4.69) is 65.1 Å². The van der Waals surface area contributed by atoms with Crippen LogP contribution in [0.4, 0.5) is 0 Å². The van der Waals surface area contributed by atoms with E-state index in [0.717, 1.165) is 32.8 Å². The van der Waals surface area contributed by atoms with Gasteiger partial charge in [-0.05, 0) is 24.1 Å². The first kappa shape index (κ1) is 16.0. The highest BCUT2D eigenvalue weighted by Crippen LogP contribution is 2.21. The average Bonchev–Trinajstić information content (AvgIpc) is 2.39. The van der Waals surface area contributed by atoms with Crippen molar-refractivity contribution in [3.05, 3.63) is 33.8 Å². The second-order valence-electron chi connectivity index (χ2n) is 5.88. The number of hydrogen-bond donors (Lipinski definition) is 1. The second kappa shape index (κ2) is 7.55. The van der Waals surface area contributed by atoms with Gasteiger partial charge in [0.2, 0.25) is 0 Å². The standard InChI is InChI=1S/C16H25BrN2O/c1-12(2)18-9-14-4-5-15(16(17)8-14)11-19-6-7-20-13(3)10-19/h4-5,8,12-13,18H,6-7,9-11H2,1-3H3. The van der Waals surface area contributed by atoms with E-state index in [1.807, 2.05) is 0 Å². The lowest BCUT2D eigenvalue weighted by atomic mass is 10.1. The van der Waals surface area contributed by atoms with Crippen LogP contribution in [-0.4, -0.2) is 36.7 Å². The molecule has 112 valence electrons. The molecule has 1 aliphatic rings. The van der Waals surface area contributed by atoms with Gasteiger partial charge in [-0.2, -0.15) is 0 Å². The number of benzene rings is 1. The summed E-state index contributed by atoms with van der Waals surface area (Å²) in [5.41, 5.74) is 2.68. The molecule has 1 saturated heterocycles. The first-order chi connectivity index (χ1) is 9.54. The minimum Gasteiger partial charge on any atom is -0.376 e. The molecule has 0 saturated carbocycles. The topological polar surface area (TPSA) is 24.5 Å². The summed E-state index contributed by atoms with van der Waals surface area (Å²) in [6, 6.07) is 7.21. The highest BCUT2D eigenvalue weighted by Gasteiger charge is 2.17. The van der Waals surface area contributed by atoms with Crippen LogP contribution < -0.4 is 5.32 Å². The molecule has 1 aromatic carbocycles. The third-order valence-corrected chi connectivity index (χ3v) is 4.29. The van der Waals surface area contributed by atoms with Gasteiger partial charge in [0.05, 0.1) is 12.7 Å². The molecule has 0 aliphatic carbocycles. The Hall–Kier alpha value is -0.420. The number of hydrogen-bond acceptors (Lipinski definition) is 3. The van der Waals surface area contributed by atoms with E-state index in [0.29, 0.717) is 12.1 Å². The fraction of sp³-hybridized carbons (Fsp3) is 0.625. The van der Waals surface area contributed by atoms with Crippen molar-refractivity contribution < 1.29 is 4.74 Å². The van der Waals surface area contributed by atoms with E-state index in [1.54, 1.807) is 0 Å². The fourth-order valence-electron chi connectivity index (χ4n) is 2.43. The van der Waals surface area contributed by atoms with Crippen LogP contribution in [0.1, 0.15) is 31.9 Å². The highest BCUT2D eigenvalue weighted by atomic mass is 79.9. The summed E-state index contributed by atoms with van der Waals surface area (Å²) in [5, 5.41) is 3.45. The van der Waals surface area contributed by atoms with Crippen LogP contribution in [-0.2, 0) is 17.8 Å². The summed E-state index contributed by atoms with van der Waals surface area (Å²) in [5.74, 6) is 0. The molecule has 1 unspecified atom stereocenters. The Balaban J connectivity index is 1.95. The van der Waals surface area contributed by atoms with Crippen LogP contribution in [0, 0.1) is 0 Å². The van der Waals surface area contributed by atoms with Gasteiger partial charge in [-0.15, -0.1) is 0 Å². The van der Waals surface area contributed by atoms with Crippen molar-refractivity contribution in [1.29, 1.82) is 0 Å². The van der Waals surface area contributed by atoms with Gasteiger partial charge in [-0.25, -0.2) is 0 Å². The van der Waals surface area contributed by atoms with Crippen LogP contribution in [0.15, 0.2) is 22.7 Å². The number of nitrogens with one attached hydrogen (secondary N) is 1. The third kappa shape index (κ3) is 4.85. The molecular formula is C16H25BrN2O. The minimum atomic E-state index is 0.344. The number of nitrogens with zero attached hydrogens (tertiary/aromatic N) is 1. The van der Waals surface area contributed by atoms with Gasteiger partial charge >= 0.3 is 0 Å². The summed E-state index contributed by atoms with van der Waals surface area (Å²) in [4.78, 5) is 2.46. The molecule has 20 heavy (non-hydrogen) atoms. The van der Waals surface area contributed by atoms with E-state index in [4.69, 9.17) is 4.74 Å². The van der Waals surface area contributed by atoms with E-state index >= 15 is 0 Å². The number of morpholine rings is 1. The molecule has 2 rings (SSSR count). The van der Waals surface area contributed by atoms with Crippen LogP contribution >= 0.6 is 15.9 Å². The Morgan fingerprint density at radius 2 is 2.25 bits per heavy atom. The lowest BCUT2D eigenvalue weighted by Gasteiger charge is -2.31. The predicted octanol–water partition coefficient (Wildman–Crippen LogP) is 3.17. The highest BCUT2D eigenvalue weighted by molar-refractivity contribution is 9.10. The van der Waals surface area contributed by atoms with Crippen molar-refractivity contribution in [2.24, 2.45) is 0 Å². The quantitative estimate of drug-likeness (QED) is 0.890. The van der Waals surface area contributed by atoms with Crippen molar-refractivity contribution in [2.75, 3.05) is 19.7 Å². The smallest absolute Gasteiger partial charge is 0.0674 e. The molecule has 1 N–H and O–H groups in total. The molecule has 4 heteroatoms. The van der Waals surface area contributed by atoms with E-state index in [1.165, 1.54) is 15.6 Å². The summed E-state index contributed by atoms with van der Waals surface area (Å²) < 4.78 is 6.80. The SMILES string of the molecule is CC(C)NCc1ccc(CN2CCOC(C)C2)c(Br)c1. The Labute approximate surface area is 130 Å². The molecule has 0 amide bonds. The van der Waals surface area contributed by atoms with Crippen LogP contribution in [0.3, 0.4) is 0 Å². The molecule has 0 bridgehead atoms. The molecule has 0 spiro atoms. The summed E-state index contributed by atoms with van der Waals surface area (Å²) in [6.07, 6.45) is 0.344. The number of halogens is 1. The molecule has 1 aromatic rings. The van der Waals surface area contributed by atoms with E-state index < -0.39 is 0 Å². The van der Waals surface area contributed by atoms with E-state index in [-0.39, 0.29) is 0 Å². The van der Waals surface area contributed by atoms with Gasteiger partial charge in [-0.3, -0.25) is 4.90 Å². The van der Waals surface area contributed by atoms with Gasteiger partial charge in [0, 0.05) is 36.7 Å². The number of rotatable bonds is 5. The van der Waals surface area contributed by atoms with Crippen LogP contribution in [0.2, 0.25) is 0 Å². The van der Waals surface area contributed by atoms with Crippen molar-refractivity contribution in [3.8, 4) is 0 Å². The largest absolute Gasteiger partial charge is 0.376 e. The lowest BCUT2D eigenvalue weighted by molar-refractivity contribution is -0.0212. The predicted molar refractivity (Wildman–Crippen MR) is 86.8 cm³/mol. The average molecular weight is 341 g/mol. The van der Waals surface area contributed by atoms with Gasteiger partial charge < -0.3 is 10.1 Å². The minimum absolute atomic E-state index is 0.344. The summed E-state index contributed by atoms with van der Waals surface area (Å²) in [7, 11) is 0. The lowest BCUT2D eigenvalue weighted by Crippen LogP contribution is -2.40. The zero-order chi connectivity index (χ0) is 14.5. The molecular weight excluding hydrogens is 316 g/mol. The molecule has 1 fully saturated rings. The van der Waals surface area contributed by atoms with Gasteiger partial charge in [0.25, 0.3) is 0 Å². The third-order valence-electron chi connectivity index (χ3n) is 3.55. The van der Waals surface area contributed by atoms with Crippen molar-refractivity contribution in [1.82, 2.24) is 10.2 Å². The first-order valence-electron chi connectivity index (χ1n) is 7.39. The van der Waals surface area contributed by atoms with Gasteiger partial charge in [0.1, 0.15) is 0 Å². The monoisotopic (exact) mass is 340 g/mol. The first-order valence-corrected chi connectivity index (χ1v) is 8.18. The summed E-state index contributed by atoms with van der Waals surface area (Å²) >= 11 is 3.71. The summed E-state index contributed by atoms with van der Waals surface area (Å²) in [6.45, 7) is 11.3. The maximum atomic E-state index is 5.59. The van der Waals surface area contributed by atoms with Crippen molar-refractivity contribution in [2.45, 2.75) is 46.0 Å². The van der Waals surface area contributed by atoms with Gasteiger partial charge in [-0.1, -0.05) is 41.9 Å². The van der Waals surface area contributed by atoms with Crippen molar-refractivity contribution >= 4 is 15.9 Å². The molecule has 1 heterocycles. The molecule has 0 aromatic heterocycles.